The molecule has 2 aromatic heterocycles. The summed E-state index contributed by atoms with van der Waals surface area (Å²) < 4.78 is 7.77. The molecule has 3 aromatic rings. The third-order valence-corrected chi connectivity index (χ3v) is 5.20. The molecule has 0 aliphatic carbocycles. The minimum atomic E-state index is -0.355. The molecule has 0 saturated carbocycles. The number of nitrogens with one attached hydrogen (secondary N) is 2. The maximum Gasteiger partial charge on any atom is 0.264 e. The zero-order chi connectivity index (χ0) is 20.1. The maximum absolute atomic E-state index is 12.1. The summed E-state index contributed by atoms with van der Waals surface area (Å²) in [5.41, 5.74) is 0.762. The van der Waals surface area contributed by atoms with Gasteiger partial charge in [0, 0.05) is 23.0 Å². The van der Waals surface area contributed by atoms with Gasteiger partial charge in [-0.05, 0) is 24.4 Å². The summed E-state index contributed by atoms with van der Waals surface area (Å²) in [6, 6.07) is 4.79. The second kappa shape index (κ2) is 9.33. The Bertz CT molecular complexity index is 1060. The number of amides is 1. The molecule has 0 unspecified atom stereocenters. The highest BCUT2D eigenvalue weighted by atomic mass is 35.5. The van der Waals surface area contributed by atoms with Crippen molar-refractivity contribution in [3.05, 3.63) is 62.6 Å². The Labute approximate surface area is 180 Å². The summed E-state index contributed by atoms with van der Waals surface area (Å²) >= 11 is 18.4. The predicted molar refractivity (Wildman–Crippen MR) is 113 cm³/mol. The Kier molecular flexibility index (Phi) is 6.84. The number of ether oxygens (including phenoxy) is 1. The van der Waals surface area contributed by atoms with Crippen LogP contribution in [0.3, 0.4) is 0 Å². The first kappa shape index (κ1) is 20.5. The number of aromatic amines is 1. The first-order valence-electron chi connectivity index (χ1n) is 8.03. The van der Waals surface area contributed by atoms with Crippen LogP contribution in [0.25, 0.3) is 0 Å². The van der Waals surface area contributed by atoms with Gasteiger partial charge in [-0.25, -0.2) is 4.98 Å². The minimum Gasteiger partial charge on any atom is -0.482 e. The third-order valence-electron chi connectivity index (χ3n) is 3.54. The highest BCUT2D eigenvalue weighted by Gasteiger charge is 2.12. The number of benzene rings is 1. The molecule has 1 aromatic carbocycles. The van der Waals surface area contributed by atoms with Gasteiger partial charge in [-0.3, -0.25) is 19.8 Å². The van der Waals surface area contributed by atoms with Crippen molar-refractivity contribution in [1.82, 2.24) is 19.7 Å². The van der Waals surface area contributed by atoms with Crippen molar-refractivity contribution in [2.45, 2.75) is 13.0 Å². The van der Waals surface area contributed by atoms with Gasteiger partial charge in [0.1, 0.15) is 11.6 Å². The first-order chi connectivity index (χ1) is 13.5. The number of rotatable bonds is 8. The van der Waals surface area contributed by atoms with E-state index in [-0.39, 0.29) is 12.5 Å². The molecule has 1 amide bonds. The molecule has 0 fully saturated rings. The van der Waals surface area contributed by atoms with E-state index in [1.807, 2.05) is 9.95 Å². The molecule has 3 rings (SSSR count). The summed E-state index contributed by atoms with van der Waals surface area (Å²) in [6.07, 6.45) is 2.22. The van der Waals surface area contributed by atoms with Crippen molar-refractivity contribution >= 4 is 57.8 Å². The molecule has 0 aliphatic rings. The van der Waals surface area contributed by atoms with E-state index in [0.29, 0.717) is 38.7 Å². The van der Waals surface area contributed by atoms with Crippen LogP contribution in [0.1, 0.15) is 11.5 Å². The SMILES string of the molecule is C=CCn1c(Cc2csc(NC(=O)COc3cc(Cl)ccc3Cl)n2)n[nH]c1=S. The van der Waals surface area contributed by atoms with Gasteiger partial charge in [-0.2, -0.15) is 5.10 Å². The van der Waals surface area contributed by atoms with Crippen LogP contribution < -0.4 is 10.1 Å². The number of aromatic nitrogens is 4. The van der Waals surface area contributed by atoms with Crippen molar-refractivity contribution in [2.24, 2.45) is 0 Å². The molecule has 0 spiro atoms. The summed E-state index contributed by atoms with van der Waals surface area (Å²) in [5, 5.41) is 12.8. The average Bonchev–Trinajstić information content (AvgIpc) is 3.24. The van der Waals surface area contributed by atoms with Gasteiger partial charge in [-0.1, -0.05) is 29.3 Å². The largest absolute Gasteiger partial charge is 0.482 e. The Hall–Kier alpha value is -2.20. The van der Waals surface area contributed by atoms with Crippen LogP contribution in [-0.4, -0.2) is 32.3 Å². The van der Waals surface area contributed by atoms with Gasteiger partial charge in [0.05, 0.1) is 17.1 Å². The number of hydrogen-bond acceptors (Lipinski definition) is 6. The van der Waals surface area contributed by atoms with Gasteiger partial charge in [-0.15, -0.1) is 17.9 Å². The van der Waals surface area contributed by atoms with E-state index >= 15 is 0 Å². The number of carbonyl (C=O) groups excluding carboxylic acids is 1. The summed E-state index contributed by atoms with van der Waals surface area (Å²) in [5.74, 6) is 0.729. The lowest BCUT2D eigenvalue weighted by Crippen LogP contribution is -2.20. The lowest BCUT2D eigenvalue weighted by atomic mass is 10.3. The number of H-pyrrole nitrogens is 1. The molecule has 7 nitrogen and oxygen atoms in total. The van der Waals surface area contributed by atoms with E-state index in [2.05, 4.69) is 27.1 Å². The molecule has 0 bridgehead atoms. The van der Waals surface area contributed by atoms with Crippen LogP contribution >= 0.6 is 46.8 Å². The fourth-order valence-corrected chi connectivity index (χ4v) is 3.58. The van der Waals surface area contributed by atoms with Gasteiger partial charge >= 0.3 is 0 Å². The standard InChI is InChI=1S/C17H15Cl2N5O2S2/c1-2-5-24-14(22-23-17(24)27)7-11-9-28-16(20-11)21-15(25)8-26-13-6-10(18)3-4-12(13)19/h2-4,6,9H,1,5,7-8H2,(H,23,27)(H,20,21,25). The summed E-state index contributed by atoms with van der Waals surface area (Å²) in [6.45, 7) is 4.06. The fraction of sp³-hybridized carbons (Fsp3) is 0.176. The molecular formula is C17H15Cl2N5O2S2. The number of halogens is 2. The number of hydrogen-bond donors (Lipinski definition) is 2. The van der Waals surface area contributed by atoms with Crippen LogP contribution in [-0.2, 0) is 17.8 Å². The molecule has 0 aliphatic heterocycles. The Morgan fingerprint density at radius 3 is 3.07 bits per heavy atom. The van der Waals surface area contributed by atoms with Crippen LogP contribution in [0.5, 0.6) is 5.75 Å². The minimum absolute atomic E-state index is 0.215. The molecule has 2 heterocycles. The second-order valence-corrected chi connectivity index (χ2v) is 7.67. The van der Waals surface area contributed by atoms with Crippen molar-refractivity contribution in [1.29, 1.82) is 0 Å². The van der Waals surface area contributed by atoms with E-state index < -0.39 is 0 Å². The van der Waals surface area contributed by atoms with Gasteiger partial charge < -0.3 is 4.74 Å². The number of anilines is 1. The van der Waals surface area contributed by atoms with Gasteiger partial charge in [0.2, 0.25) is 0 Å². The zero-order valence-corrected chi connectivity index (χ0v) is 17.6. The van der Waals surface area contributed by atoms with Crippen molar-refractivity contribution in [3.63, 3.8) is 0 Å². The van der Waals surface area contributed by atoms with Gasteiger partial charge in [0.15, 0.2) is 16.5 Å². The lowest BCUT2D eigenvalue weighted by molar-refractivity contribution is -0.118. The van der Waals surface area contributed by atoms with Crippen molar-refractivity contribution in [2.75, 3.05) is 11.9 Å². The lowest BCUT2D eigenvalue weighted by Gasteiger charge is -2.07. The van der Waals surface area contributed by atoms with Crippen LogP contribution in [0.2, 0.25) is 10.0 Å². The smallest absolute Gasteiger partial charge is 0.264 e. The quantitative estimate of drug-likeness (QED) is 0.385. The summed E-state index contributed by atoms with van der Waals surface area (Å²) in [7, 11) is 0. The van der Waals surface area contributed by atoms with Crippen LogP contribution in [0.4, 0.5) is 5.13 Å². The predicted octanol–water partition coefficient (Wildman–Crippen LogP) is 4.50. The van der Waals surface area contributed by atoms with E-state index in [1.54, 1.807) is 24.3 Å². The highest BCUT2D eigenvalue weighted by Crippen LogP contribution is 2.27. The number of thiazole rings is 1. The number of nitrogens with zero attached hydrogens (tertiary/aromatic N) is 3. The molecule has 0 atom stereocenters. The Morgan fingerprint density at radius 1 is 1.46 bits per heavy atom. The third kappa shape index (κ3) is 5.20. The van der Waals surface area contributed by atoms with Crippen LogP contribution in [0.15, 0.2) is 36.2 Å². The molecule has 146 valence electrons. The molecular weight excluding hydrogens is 441 g/mol. The first-order valence-corrected chi connectivity index (χ1v) is 10.1. The Balaban J connectivity index is 1.58. The number of carbonyl (C=O) groups is 1. The van der Waals surface area contributed by atoms with E-state index in [1.165, 1.54) is 11.3 Å². The fourth-order valence-electron chi connectivity index (χ4n) is 2.30. The highest BCUT2D eigenvalue weighted by molar-refractivity contribution is 7.71. The zero-order valence-electron chi connectivity index (χ0n) is 14.4. The van der Waals surface area contributed by atoms with E-state index in [9.17, 15) is 4.79 Å². The molecule has 0 radical (unpaired) electrons. The van der Waals surface area contributed by atoms with Crippen molar-refractivity contribution < 1.29 is 9.53 Å². The number of allylic oxidation sites excluding steroid dienone is 1. The maximum atomic E-state index is 12.1. The van der Waals surface area contributed by atoms with Crippen molar-refractivity contribution in [3.8, 4) is 5.75 Å². The average molecular weight is 456 g/mol. The summed E-state index contributed by atoms with van der Waals surface area (Å²) in [4.78, 5) is 16.5. The molecule has 2 N–H and O–H groups in total. The van der Waals surface area contributed by atoms with E-state index in [0.717, 1.165) is 11.5 Å². The van der Waals surface area contributed by atoms with Crippen LogP contribution in [0, 0.1) is 4.77 Å². The van der Waals surface area contributed by atoms with Gasteiger partial charge in [0.25, 0.3) is 5.91 Å². The molecule has 0 saturated heterocycles. The normalized spacial score (nSPS) is 10.6. The Morgan fingerprint density at radius 2 is 2.29 bits per heavy atom. The molecule has 11 heteroatoms. The topological polar surface area (TPSA) is 84.8 Å². The van der Waals surface area contributed by atoms with E-state index in [4.69, 9.17) is 40.2 Å². The second-order valence-electron chi connectivity index (χ2n) is 5.58. The monoisotopic (exact) mass is 455 g/mol. The molecule has 28 heavy (non-hydrogen) atoms.